The van der Waals surface area contributed by atoms with Crippen LogP contribution in [0.1, 0.15) is 24.8 Å². The zero-order chi connectivity index (χ0) is 10.3. The summed E-state index contributed by atoms with van der Waals surface area (Å²) in [5.41, 5.74) is 1.39. The lowest BCUT2D eigenvalue weighted by Crippen LogP contribution is -2.16. The summed E-state index contributed by atoms with van der Waals surface area (Å²) in [5.74, 6) is 0.892. The van der Waals surface area contributed by atoms with E-state index in [0.717, 1.165) is 38.6 Å². The van der Waals surface area contributed by atoms with Crippen molar-refractivity contribution < 1.29 is 4.74 Å². The summed E-state index contributed by atoms with van der Waals surface area (Å²) in [6, 6.07) is 2.17. The molecule has 1 aromatic rings. The van der Waals surface area contributed by atoms with Crippen LogP contribution in [-0.2, 0) is 11.3 Å². The zero-order valence-corrected chi connectivity index (χ0v) is 9.89. The molecule has 15 heavy (non-hydrogen) atoms. The fourth-order valence-electron chi connectivity index (χ4n) is 1.46. The maximum Gasteiger partial charge on any atom is 0.0494 e. The molecule has 84 valence electrons. The second-order valence-corrected chi connectivity index (χ2v) is 4.96. The molecule has 0 saturated heterocycles. The Morgan fingerprint density at radius 3 is 3.13 bits per heavy atom. The van der Waals surface area contributed by atoms with Gasteiger partial charge in [-0.1, -0.05) is 0 Å². The van der Waals surface area contributed by atoms with Crippen LogP contribution < -0.4 is 5.32 Å². The van der Waals surface area contributed by atoms with Gasteiger partial charge < -0.3 is 10.1 Å². The smallest absolute Gasteiger partial charge is 0.0494 e. The Labute approximate surface area is 95.6 Å². The van der Waals surface area contributed by atoms with Crippen LogP contribution in [-0.4, -0.2) is 19.8 Å². The van der Waals surface area contributed by atoms with E-state index in [-0.39, 0.29) is 0 Å². The second kappa shape index (κ2) is 6.26. The molecule has 1 heterocycles. The van der Waals surface area contributed by atoms with Gasteiger partial charge in [0.1, 0.15) is 0 Å². The monoisotopic (exact) mass is 225 g/mol. The van der Waals surface area contributed by atoms with Crippen LogP contribution in [0.15, 0.2) is 16.8 Å². The number of rotatable bonds is 8. The van der Waals surface area contributed by atoms with Gasteiger partial charge in [0.25, 0.3) is 0 Å². The van der Waals surface area contributed by atoms with Crippen LogP contribution in [0.4, 0.5) is 0 Å². The summed E-state index contributed by atoms with van der Waals surface area (Å²) in [6.07, 6.45) is 3.89. The van der Waals surface area contributed by atoms with Crippen molar-refractivity contribution in [2.75, 3.05) is 19.8 Å². The summed E-state index contributed by atoms with van der Waals surface area (Å²) in [7, 11) is 0. The number of ether oxygens (including phenoxy) is 1. The molecule has 0 amide bonds. The molecule has 3 heteroatoms. The highest BCUT2D eigenvalue weighted by Gasteiger charge is 2.20. The first-order chi connectivity index (χ1) is 7.45. The molecular formula is C12H19NOS. The molecule has 0 aliphatic heterocycles. The van der Waals surface area contributed by atoms with Crippen molar-refractivity contribution in [1.29, 1.82) is 0 Å². The van der Waals surface area contributed by atoms with E-state index in [9.17, 15) is 0 Å². The van der Waals surface area contributed by atoms with Gasteiger partial charge in [0.05, 0.1) is 0 Å². The predicted molar refractivity (Wildman–Crippen MR) is 64.2 cm³/mol. The molecule has 1 fully saturated rings. The minimum absolute atomic E-state index is 0.892. The van der Waals surface area contributed by atoms with E-state index in [4.69, 9.17) is 4.74 Å². The fraction of sp³-hybridized carbons (Fsp3) is 0.667. The lowest BCUT2D eigenvalue weighted by Gasteiger charge is -2.04. The highest BCUT2D eigenvalue weighted by atomic mass is 32.1. The van der Waals surface area contributed by atoms with Crippen LogP contribution in [0.3, 0.4) is 0 Å². The normalized spacial score (nSPS) is 15.7. The van der Waals surface area contributed by atoms with Gasteiger partial charge in [0, 0.05) is 19.8 Å². The van der Waals surface area contributed by atoms with Gasteiger partial charge in [-0.15, -0.1) is 0 Å². The third-order valence-corrected chi connectivity index (χ3v) is 3.33. The zero-order valence-electron chi connectivity index (χ0n) is 9.08. The largest absolute Gasteiger partial charge is 0.381 e. The van der Waals surface area contributed by atoms with Crippen LogP contribution in [0, 0.1) is 5.92 Å². The summed E-state index contributed by atoms with van der Waals surface area (Å²) in [4.78, 5) is 0. The minimum atomic E-state index is 0.892. The number of nitrogens with one attached hydrogen (secondary N) is 1. The Balaban J connectivity index is 1.38. The van der Waals surface area contributed by atoms with Gasteiger partial charge in [0.2, 0.25) is 0 Å². The van der Waals surface area contributed by atoms with Crippen molar-refractivity contribution in [2.24, 2.45) is 5.92 Å². The lowest BCUT2D eigenvalue weighted by molar-refractivity contribution is 0.122. The van der Waals surface area contributed by atoms with E-state index in [0.29, 0.717) is 0 Å². The van der Waals surface area contributed by atoms with Gasteiger partial charge in [-0.3, -0.25) is 0 Å². The van der Waals surface area contributed by atoms with E-state index in [1.165, 1.54) is 18.4 Å². The van der Waals surface area contributed by atoms with Crippen LogP contribution >= 0.6 is 11.3 Å². The third kappa shape index (κ3) is 4.78. The predicted octanol–water partition coefficient (Wildman–Crippen LogP) is 2.65. The van der Waals surface area contributed by atoms with E-state index in [1.807, 2.05) is 0 Å². The highest BCUT2D eigenvalue weighted by Crippen LogP contribution is 2.28. The van der Waals surface area contributed by atoms with Crippen molar-refractivity contribution >= 4 is 11.3 Å². The van der Waals surface area contributed by atoms with Gasteiger partial charge in [0.15, 0.2) is 0 Å². The van der Waals surface area contributed by atoms with Gasteiger partial charge in [-0.25, -0.2) is 0 Å². The van der Waals surface area contributed by atoms with Crippen molar-refractivity contribution in [3.8, 4) is 0 Å². The first-order valence-corrected chi connectivity index (χ1v) is 6.69. The molecule has 2 nitrogen and oxygen atoms in total. The molecule has 1 aromatic heterocycles. The summed E-state index contributed by atoms with van der Waals surface area (Å²) in [6.45, 7) is 3.95. The average molecular weight is 225 g/mol. The van der Waals surface area contributed by atoms with Crippen molar-refractivity contribution in [3.63, 3.8) is 0 Å². The quantitative estimate of drug-likeness (QED) is 0.687. The summed E-state index contributed by atoms with van der Waals surface area (Å²) in [5, 5.41) is 7.73. The maximum absolute atomic E-state index is 5.56. The van der Waals surface area contributed by atoms with Gasteiger partial charge >= 0.3 is 0 Å². The molecule has 1 aliphatic carbocycles. The minimum Gasteiger partial charge on any atom is -0.381 e. The van der Waals surface area contributed by atoms with Crippen molar-refractivity contribution in [2.45, 2.75) is 25.8 Å². The summed E-state index contributed by atoms with van der Waals surface area (Å²) >= 11 is 1.76. The molecule has 0 spiro atoms. The Morgan fingerprint density at radius 1 is 1.47 bits per heavy atom. The number of hydrogen-bond acceptors (Lipinski definition) is 3. The van der Waals surface area contributed by atoms with Crippen molar-refractivity contribution in [1.82, 2.24) is 5.32 Å². The molecule has 0 aromatic carbocycles. The topological polar surface area (TPSA) is 21.3 Å². The molecule has 2 rings (SSSR count). The van der Waals surface area contributed by atoms with Crippen molar-refractivity contribution in [3.05, 3.63) is 22.4 Å². The van der Waals surface area contributed by atoms with Gasteiger partial charge in [-0.05, 0) is 54.1 Å². The molecular weight excluding hydrogens is 206 g/mol. The molecule has 0 atom stereocenters. The first-order valence-electron chi connectivity index (χ1n) is 5.74. The number of hydrogen-bond donors (Lipinski definition) is 1. The molecule has 0 radical (unpaired) electrons. The Morgan fingerprint density at radius 2 is 2.40 bits per heavy atom. The Hall–Kier alpha value is -0.380. The Bertz CT molecular complexity index is 257. The lowest BCUT2D eigenvalue weighted by atomic mass is 10.3. The van der Waals surface area contributed by atoms with E-state index in [1.54, 1.807) is 11.3 Å². The molecule has 0 unspecified atom stereocenters. The maximum atomic E-state index is 5.56. The van der Waals surface area contributed by atoms with E-state index < -0.39 is 0 Å². The molecule has 1 N–H and O–H groups in total. The fourth-order valence-corrected chi connectivity index (χ4v) is 2.13. The molecule has 0 bridgehead atoms. The highest BCUT2D eigenvalue weighted by molar-refractivity contribution is 7.07. The first kappa shape index (κ1) is 11.1. The molecule has 1 saturated carbocycles. The van der Waals surface area contributed by atoms with E-state index >= 15 is 0 Å². The Kier molecular flexibility index (Phi) is 4.64. The van der Waals surface area contributed by atoms with Gasteiger partial charge in [-0.2, -0.15) is 11.3 Å². The van der Waals surface area contributed by atoms with E-state index in [2.05, 4.69) is 22.1 Å². The number of thiophene rings is 1. The van der Waals surface area contributed by atoms with Crippen LogP contribution in [0.2, 0.25) is 0 Å². The van der Waals surface area contributed by atoms with Crippen LogP contribution in [0.25, 0.3) is 0 Å². The third-order valence-electron chi connectivity index (χ3n) is 2.60. The SMILES string of the molecule is c1cc(CNCCCOCC2CC2)cs1. The second-order valence-electron chi connectivity index (χ2n) is 4.18. The average Bonchev–Trinajstić information content (AvgIpc) is 2.92. The summed E-state index contributed by atoms with van der Waals surface area (Å²) < 4.78 is 5.56. The van der Waals surface area contributed by atoms with Crippen LogP contribution in [0.5, 0.6) is 0 Å². The standard InChI is InChI=1S/C12H19NOS/c1(6-14-9-11-2-3-11)5-13-8-12-4-7-15-10-12/h4,7,10-11,13H,1-3,5-6,8-9H2. The molecule has 1 aliphatic rings.